The summed E-state index contributed by atoms with van der Waals surface area (Å²) in [6, 6.07) is 7.52. The second-order valence-electron chi connectivity index (χ2n) is 11.7. The molecule has 0 saturated carbocycles. The lowest BCUT2D eigenvalue weighted by molar-refractivity contribution is -0.138. The normalized spacial score (nSPS) is 18.7. The molecule has 1 saturated heterocycles. The van der Waals surface area contributed by atoms with Crippen LogP contribution in [0.25, 0.3) is 21.6 Å². The zero-order chi connectivity index (χ0) is 27.7. The predicted octanol–water partition coefficient (Wildman–Crippen LogP) is 4.42. The van der Waals surface area contributed by atoms with Crippen LogP contribution in [0.5, 0.6) is 5.75 Å². The molecule has 9 nitrogen and oxygen atoms in total. The molecule has 1 aliphatic rings. The van der Waals surface area contributed by atoms with Crippen molar-refractivity contribution in [2.75, 3.05) is 6.54 Å². The Morgan fingerprint density at radius 1 is 1.16 bits per heavy atom. The Balaban J connectivity index is 1.56. The molecular formula is C28H35N5O4S. The van der Waals surface area contributed by atoms with E-state index in [2.05, 4.69) is 15.6 Å². The number of urea groups is 1. The maximum Gasteiger partial charge on any atom is 0.315 e. The maximum absolute atomic E-state index is 13.7. The van der Waals surface area contributed by atoms with E-state index in [-0.39, 0.29) is 12.5 Å². The molecule has 0 unspecified atom stereocenters. The molecule has 3 amide bonds. The minimum absolute atomic E-state index is 0.228. The van der Waals surface area contributed by atoms with Crippen LogP contribution in [0.1, 0.15) is 48.0 Å². The molecule has 0 aromatic carbocycles. The minimum Gasteiger partial charge on any atom is -0.487 e. The number of fused-ring (bicyclic) bond motifs is 1. The molecule has 202 valence electrons. The highest BCUT2D eigenvalue weighted by atomic mass is 32.1. The van der Waals surface area contributed by atoms with Gasteiger partial charge >= 0.3 is 6.03 Å². The molecule has 2 N–H and O–H groups in total. The summed E-state index contributed by atoms with van der Waals surface area (Å²) in [4.78, 5) is 49.1. The third-order valence-electron chi connectivity index (χ3n) is 6.22. The number of carbonyl (C=O) groups excluding carboxylic acids is 3. The third-order valence-corrected chi connectivity index (χ3v) is 7.14. The van der Waals surface area contributed by atoms with Crippen LogP contribution in [0.15, 0.2) is 41.9 Å². The van der Waals surface area contributed by atoms with E-state index in [1.165, 1.54) is 16.2 Å². The van der Waals surface area contributed by atoms with Gasteiger partial charge in [0.2, 0.25) is 5.91 Å². The predicted molar refractivity (Wildman–Crippen MR) is 148 cm³/mol. The molecule has 4 rings (SSSR count). The van der Waals surface area contributed by atoms with Crippen LogP contribution in [0, 0.1) is 5.41 Å². The quantitative estimate of drug-likeness (QED) is 0.450. The minimum atomic E-state index is -0.827. The van der Waals surface area contributed by atoms with Gasteiger partial charge in [-0.3, -0.25) is 9.78 Å². The lowest BCUT2D eigenvalue weighted by Gasteiger charge is -2.35. The molecule has 3 atom stereocenters. The Labute approximate surface area is 227 Å². The summed E-state index contributed by atoms with van der Waals surface area (Å²) < 4.78 is 7.32. The number of nitrogens with one attached hydrogen (secondary N) is 2. The van der Waals surface area contributed by atoms with Gasteiger partial charge in [0.25, 0.3) is 0 Å². The maximum atomic E-state index is 13.7. The first kappa shape index (κ1) is 27.5. The van der Waals surface area contributed by atoms with Crippen LogP contribution in [0.4, 0.5) is 4.79 Å². The van der Waals surface area contributed by atoms with Crippen molar-refractivity contribution in [1.82, 2.24) is 25.5 Å². The number of thiophene rings is 1. The first-order valence-electron chi connectivity index (χ1n) is 12.7. The number of amides is 3. The van der Waals surface area contributed by atoms with Gasteiger partial charge in [-0.15, -0.1) is 11.3 Å². The largest absolute Gasteiger partial charge is 0.487 e. The summed E-state index contributed by atoms with van der Waals surface area (Å²) in [7, 11) is 0. The Kier molecular flexibility index (Phi) is 7.73. The van der Waals surface area contributed by atoms with Gasteiger partial charge in [0.15, 0.2) is 0 Å². The molecule has 1 aliphatic heterocycles. The first-order chi connectivity index (χ1) is 17.9. The van der Waals surface area contributed by atoms with Crippen LogP contribution in [0.3, 0.4) is 0 Å². The summed E-state index contributed by atoms with van der Waals surface area (Å²) in [5.41, 5.74) is 1.18. The Morgan fingerprint density at radius 2 is 1.92 bits per heavy atom. The topological polar surface area (TPSA) is 114 Å². The van der Waals surface area contributed by atoms with Gasteiger partial charge in [0, 0.05) is 24.2 Å². The number of pyridine rings is 2. The summed E-state index contributed by atoms with van der Waals surface area (Å²) >= 11 is 1.52. The van der Waals surface area contributed by atoms with Gasteiger partial charge in [-0.1, -0.05) is 26.8 Å². The zero-order valence-electron chi connectivity index (χ0n) is 22.6. The van der Waals surface area contributed by atoms with E-state index in [1.54, 1.807) is 6.20 Å². The van der Waals surface area contributed by atoms with Crippen molar-refractivity contribution >= 4 is 39.8 Å². The monoisotopic (exact) mass is 537 g/mol. The molecule has 0 aliphatic carbocycles. The molecule has 0 radical (unpaired) electrons. The molecule has 0 spiro atoms. The molecule has 4 heterocycles. The molecule has 3 aromatic heterocycles. The fourth-order valence-electron chi connectivity index (χ4n) is 4.46. The molecule has 0 bridgehead atoms. The Morgan fingerprint density at radius 3 is 2.55 bits per heavy atom. The van der Waals surface area contributed by atoms with Gasteiger partial charge in [0.1, 0.15) is 24.2 Å². The number of aromatic nitrogens is 2. The smallest absolute Gasteiger partial charge is 0.315 e. The van der Waals surface area contributed by atoms with Crippen LogP contribution >= 0.6 is 11.3 Å². The highest BCUT2D eigenvalue weighted by molar-refractivity contribution is 7.17. The number of ether oxygens (including phenoxy) is 1. The van der Waals surface area contributed by atoms with E-state index >= 15 is 0 Å². The zero-order valence-corrected chi connectivity index (χ0v) is 23.5. The van der Waals surface area contributed by atoms with E-state index in [1.807, 2.05) is 77.3 Å². The van der Waals surface area contributed by atoms with Crippen molar-refractivity contribution in [3.05, 3.63) is 41.9 Å². The highest BCUT2D eigenvalue weighted by Gasteiger charge is 2.43. The van der Waals surface area contributed by atoms with Gasteiger partial charge in [0.05, 0.1) is 34.2 Å². The summed E-state index contributed by atoms with van der Waals surface area (Å²) in [5, 5.41) is 7.63. The first-order valence-corrected chi connectivity index (χ1v) is 13.5. The molecular weight excluding hydrogens is 502 g/mol. The van der Waals surface area contributed by atoms with E-state index < -0.39 is 35.2 Å². The lowest BCUT2D eigenvalue weighted by atomic mass is 9.85. The SMILES string of the molecule is CC(C)(C)NC(=O)N[C@H](C(=O)N1C[C@H](Oc2cc(-c3ccccn3)nc3ccsc23)C[C@H]1C=O)C(C)(C)C. The van der Waals surface area contributed by atoms with Crippen molar-refractivity contribution in [3.63, 3.8) is 0 Å². The van der Waals surface area contributed by atoms with Crippen molar-refractivity contribution in [1.29, 1.82) is 0 Å². The fourth-order valence-corrected chi connectivity index (χ4v) is 5.25. The summed E-state index contributed by atoms with van der Waals surface area (Å²) in [6.07, 6.45) is 2.45. The van der Waals surface area contributed by atoms with Crippen molar-refractivity contribution in [2.45, 2.75) is 71.7 Å². The Hall–Kier alpha value is -3.53. The highest BCUT2D eigenvalue weighted by Crippen LogP contribution is 2.35. The molecule has 38 heavy (non-hydrogen) atoms. The summed E-state index contributed by atoms with van der Waals surface area (Å²) in [5.74, 6) is 0.333. The van der Waals surface area contributed by atoms with E-state index in [4.69, 9.17) is 9.72 Å². The van der Waals surface area contributed by atoms with Gasteiger partial charge in [-0.05, 0) is 49.8 Å². The lowest BCUT2D eigenvalue weighted by Crippen LogP contribution is -2.59. The number of carbonyl (C=O) groups is 3. The molecule has 3 aromatic rings. The van der Waals surface area contributed by atoms with Crippen molar-refractivity contribution in [3.8, 4) is 17.1 Å². The fraction of sp³-hybridized carbons (Fsp3) is 0.464. The number of hydrogen-bond acceptors (Lipinski definition) is 7. The van der Waals surface area contributed by atoms with E-state index in [0.29, 0.717) is 17.9 Å². The third kappa shape index (κ3) is 6.30. The second kappa shape index (κ2) is 10.7. The summed E-state index contributed by atoms with van der Waals surface area (Å²) in [6.45, 7) is 11.5. The van der Waals surface area contributed by atoms with Gasteiger partial charge in [-0.2, -0.15) is 0 Å². The van der Waals surface area contributed by atoms with Crippen molar-refractivity contribution < 1.29 is 19.1 Å². The number of nitrogens with zero attached hydrogens (tertiary/aromatic N) is 3. The van der Waals surface area contributed by atoms with Gasteiger partial charge in [-0.25, -0.2) is 9.78 Å². The van der Waals surface area contributed by atoms with Crippen LogP contribution in [0.2, 0.25) is 0 Å². The van der Waals surface area contributed by atoms with Crippen LogP contribution in [-0.4, -0.2) is 63.4 Å². The average molecular weight is 538 g/mol. The number of hydrogen-bond donors (Lipinski definition) is 2. The molecule has 10 heteroatoms. The average Bonchev–Trinajstić information content (AvgIpc) is 3.48. The standard InChI is InChI=1S/C28H35N5O4S/c1-27(2,3)24(31-26(36)32-28(4,5)6)25(35)33-15-18(13-17(33)16-34)37-22-14-21(19-9-7-8-11-29-19)30-20-10-12-38-23(20)22/h7-12,14,16-18,24H,13,15H2,1-6H3,(H2,31,32,36)/t17-,18+,24+/m0/s1. The van der Waals surface area contributed by atoms with Crippen LogP contribution < -0.4 is 15.4 Å². The second-order valence-corrected chi connectivity index (χ2v) is 12.6. The number of aldehydes is 1. The number of likely N-dealkylation sites (tertiary alicyclic amines) is 1. The van der Waals surface area contributed by atoms with Crippen LogP contribution in [-0.2, 0) is 9.59 Å². The van der Waals surface area contributed by atoms with Gasteiger partial charge < -0.3 is 25.1 Å². The number of rotatable bonds is 6. The van der Waals surface area contributed by atoms with Crippen molar-refractivity contribution in [2.24, 2.45) is 5.41 Å². The van der Waals surface area contributed by atoms with E-state index in [0.717, 1.165) is 22.2 Å². The Bertz CT molecular complexity index is 1310. The van der Waals surface area contributed by atoms with E-state index in [9.17, 15) is 14.4 Å². The molecule has 1 fully saturated rings.